The number of methoxy groups -OCH3 is 3. The molecule has 0 aliphatic carbocycles. The first-order valence-electron chi connectivity index (χ1n) is 4.94. The molecule has 0 rings (SSSR count). The SMILES string of the molecule is CCCOC(CC(COC)OC)OC. The zero-order chi connectivity index (χ0) is 10.8. The highest BCUT2D eigenvalue weighted by Crippen LogP contribution is 2.07. The van der Waals surface area contributed by atoms with E-state index in [0.29, 0.717) is 19.6 Å². The fourth-order valence-electron chi connectivity index (χ4n) is 1.11. The van der Waals surface area contributed by atoms with Crippen molar-refractivity contribution in [1.82, 2.24) is 0 Å². The van der Waals surface area contributed by atoms with Gasteiger partial charge in [0.05, 0.1) is 12.7 Å². The maximum atomic E-state index is 5.46. The molecule has 86 valence electrons. The lowest BCUT2D eigenvalue weighted by Crippen LogP contribution is -2.27. The lowest BCUT2D eigenvalue weighted by atomic mass is 10.2. The highest BCUT2D eigenvalue weighted by Gasteiger charge is 2.15. The molecule has 2 atom stereocenters. The molecule has 14 heavy (non-hydrogen) atoms. The molecule has 0 aliphatic rings. The number of hydrogen-bond acceptors (Lipinski definition) is 4. The smallest absolute Gasteiger partial charge is 0.159 e. The fourth-order valence-corrected chi connectivity index (χ4v) is 1.11. The Balaban J connectivity index is 3.75. The highest BCUT2D eigenvalue weighted by molar-refractivity contribution is 4.59. The van der Waals surface area contributed by atoms with Gasteiger partial charge in [0, 0.05) is 34.4 Å². The molecule has 0 amide bonds. The standard InChI is InChI=1S/C10H22O4/c1-5-6-14-10(13-4)7-9(12-3)8-11-2/h9-10H,5-8H2,1-4H3. The van der Waals surface area contributed by atoms with Crippen LogP contribution < -0.4 is 0 Å². The molecule has 0 spiro atoms. The van der Waals surface area contributed by atoms with E-state index in [1.54, 1.807) is 21.3 Å². The normalized spacial score (nSPS) is 15.4. The van der Waals surface area contributed by atoms with Gasteiger partial charge < -0.3 is 18.9 Å². The van der Waals surface area contributed by atoms with Crippen molar-refractivity contribution in [2.75, 3.05) is 34.5 Å². The van der Waals surface area contributed by atoms with Crippen LogP contribution >= 0.6 is 0 Å². The summed E-state index contributed by atoms with van der Waals surface area (Å²) in [6.07, 6.45) is 1.51. The molecule has 0 saturated carbocycles. The Hall–Kier alpha value is -0.160. The van der Waals surface area contributed by atoms with Crippen molar-refractivity contribution in [2.24, 2.45) is 0 Å². The topological polar surface area (TPSA) is 36.9 Å². The Bertz CT molecular complexity index is 119. The molecule has 0 fully saturated rings. The summed E-state index contributed by atoms with van der Waals surface area (Å²) >= 11 is 0. The summed E-state index contributed by atoms with van der Waals surface area (Å²) in [5.41, 5.74) is 0. The fraction of sp³-hybridized carbons (Fsp3) is 1.00. The maximum Gasteiger partial charge on any atom is 0.159 e. The predicted molar refractivity (Wildman–Crippen MR) is 54.3 cm³/mol. The van der Waals surface area contributed by atoms with Crippen LogP contribution in [0.25, 0.3) is 0 Å². The Morgan fingerprint density at radius 3 is 2.21 bits per heavy atom. The maximum absolute atomic E-state index is 5.46. The molecule has 4 heteroatoms. The molecule has 0 N–H and O–H groups in total. The van der Waals surface area contributed by atoms with Gasteiger partial charge in [0.15, 0.2) is 6.29 Å². The van der Waals surface area contributed by atoms with E-state index >= 15 is 0 Å². The Kier molecular flexibility index (Phi) is 9.29. The van der Waals surface area contributed by atoms with Crippen LogP contribution in [-0.2, 0) is 18.9 Å². The summed E-state index contributed by atoms with van der Waals surface area (Å²) in [4.78, 5) is 0. The van der Waals surface area contributed by atoms with Crippen molar-refractivity contribution >= 4 is 0 Å². The summed E-state index contributed by atoms with van der Waals surface area (Å²) in [6, 6.07) is 0. The first-order valence-corrected chi connectivity index (χ1v) is 4.94. The average molecular weight is 206 g/mol. The zero-order valence-electron chi connectivity index (χ0n) is 9.62. The van der Waals surface area contributed by atoms with E-state index < -0.39 is 0 Å². The summed E-state index contributed by atoms with van der Waals surface area (Å²) in [5, 5.41) is 0. The van der Waals surface area contributed by atoms with E-state index in [-0.39, 0.29) is 12.4 Å². The average Bonchev–Trinajstić information content (AvgIpc) is 2.22. The minimum atomic E-state index is -0.199. The molecule has 0 bridgehead atoms. The minimum Gasteiger partial charge on any atom is -0.382 e. The van der Waals surface area contributed by atoms with E-state index in [1.807, 2.05) is 0 Å². The van der Waals surface area contributed by atoms with Gasteiger partial charge in [0.1, 0.15) is 0 Å². The molecule has 0 aromatic heterocycles. The largest absolute Gasteiger partial charge is 0.382 e. The van der Waals surface area contributed by atoms with Gasteiger partial charge in [-0.25, -0.2) is 0 Å². The second kappa shape index (κ2) is 9.40. The van der Waals surface area contributed by atoms with Crippen molar-refractivity contribution in [2.45, 2.75) is 32.2 Å². The molecule has 0 radical (unpaired) electrons. The van der Waals surface area contributed by atoms with Gasteiger partial charge in [-0.3, -0.25) is 0 Å². The Labute approximate surface area is 86.5 Å². The second-order valence-corrected chi connectivity index (χ2v) is 3.08. The van der Waals surface area contributed by atoms with Gasteiger partial charge in [-0.05, 0) is 6.42 Å². The van der Waals surface area contributed by atoms with Crippen LogP contribution in [0.15, 0.2) is 0 Å². The number of rotatable bonds is 9. The van der Waals surface area contributed by atoms with Crippen LogP contribution in [0.5, 0.6) is 0 Å². The molecular formula is C10H22O4. The van der Waals surface area contributed by atoms with Crippen molar-refractivity contribution in [3.8, 4) is 0 Å². The molecule has 0 saturated heterocycles. The lowest BCUT2D eigenvalue weighted by molar-refractivity contribution is -0.149. The van der Waals surface area contributed by atoms with Crippen LogP contribution in [0.2, 0.25) is 0 Å². The molecular weight excluding hydrogens is 184 g/mol. The van der Waals surface area contributed by atoms with E-state index in [4.69, 9.17) is 18.9 Å². The lowest BCUT2D eigenvalue weighted by Gasteiger charge is -2.21. The third-order valence-corrected chi connectivity index (χ3v) is 1.91. The summed E-state index contributed by atoms with van der Waals surface area (Å²) in [5.74, 6) is 0. The first kappa shape index (κ1) is 13.8. The predicted octanol–water partition coefficient (Wildman–Crippen LogP) is 1.44. The third kappa shape index (κ3) is 6.32. The van der Waals surface area contributed by atoms with Crippen LogP contribution in [-0.4, -0.2) is 46.9 Å². The van der Waals surface area contributed by atoms with Crippen LogP contribution in [0.4, 0.5) is 0 Å². The van der Waals surface area contributed by atoms with Crippen LogP contribution in [0.1, 0.15) is 19.8 Å². The molecule has 0 heterocycles. The molecule has 2 unspecified atom stereocenters. The van der Waals surface area contributed by atoms with Gasteiger partial charge in [0.25, 0.3) is 0 Å². The number of hydrogen-bond donors (Lipinski definition) is 0. The summed E-state index contributed by atoms with van der Waals surface area (Å²) < 4.78 is 20.9. The van der Waals surface area contributed by atoms with Crippen molar-refractivity contribution in [3.63, 3.8) is 0 Å². The minimum absolute atomic E-state index is 0.0295. The quantitative estimate of drug-likeness (QED) is 0.535. The highest BCUT2D eigenvalue weighted by atomic mass is 16.7. The van der Waals surface area contributed by atoms with Crippen molar-refractivity contribution in [1.29, 1.82) is 0 Å². The molecule has 0 aromatic rings. The molecule has 0 aromatic carbocycles. The van der Waals surface area contributed by atoms with Gasteiger partial charge >= 0.3 is 0 Å². The zero-order valence-corrected chi connectivity index (χ0v) is 9.62. The van der Waals surface area contributed by atoms with Crippen molar-refractivity contribution < 1.29 is 18.9 Å². The number of ether oxygens (including phenoxy) is 4. The summed E-state index contributed by atoms with van der Waals surface area (Å²) in [7, 11) is 4.96. The molecule has 0 aliphatic heterocycles. The summed E-state index contributed by atoms with van der Waals surface area (Å²) in [6.45, 7) is 3.34. The van der Waals surface area contributed by atoms with Gasteiger partial charge in [0.2, 0.25) is 0 Å². The van der Waals surface area contributed by atoms with E-state index in [2.05, 4.69) is 6.92 Å². The second-order valence-electron chi connectivity index (χ2n) is 3.08. The third-order valence-electron chi connectivity index (χ3n) is 1.91. The van der Waals surface area contributed by atoms with E-state index in [1.165, 1.54) is 0 Å². The molecule has 4 nitrogen and oxygen atoms in total. The first-order chi connectivity index (χ1) is 6.78. The monoisotopic (exact) mass is 206 g/mol. The van der Waals surface area contributed by atoms with Gasteiger partial charge in [-0.2, -0.15) is 0 Å². The van der Waals surface area contributed by atoms with Crippen LogP contribution in [0.3, 0.4) is 0 Å². The van der Waals surface area contributed by atoms with Crippen molar-refractivity contribution in [3.05, 3.63) is 0 Å². The van der Waals surface area contributed by atoms with E-state index in [0.717, 1.165) is 6.42 Å². The Morgan fingerprint density at radius 2 is 1.79 bits per heavy atom. The van der Waals surface area contributed by atoms with Gasteiger partial charge in [-0.15, -0.1) is 0 Å². The van der Waals surface area contributed by atoms with Gasteiger partial charge in [-0.1, -0.05) is 6.92 Å². The Morgan fingerprint density at radius 1 is 1.07 bits per heavy atom. The van der Waals surface area contributed by atoms with E-state index in [9.17, 15) is 0 Å². The van der Waals surface area contributed by atoms with Crippen LogP contribution in [0, 0.1) is 0 Å².